The molecule has 6 nitrogen and oxygen atoms in total. The van der Waals surface area contributed by atoms with Crippen molar-refractivity contribution in [3.8, 4) is 0 Å². The number of aromatic nitrogens is 2. The van der Waals surface area contributed by atoms with Crippen molar-refractivity contribution >= 4 is 28.2 Å². The zero-order valence-electron chi connectivity index (χ0n) is 13.3. The summed E-state index contributed by atoms with van der Waals surface area (Å²) in [6.45, 7) is 7.49. The molecule has 22 heavy (non-hydrogen) atoms. The molecule has 0 fully saturated rings. The van der Waals surface area contributed by atoms with E-state index in [-0.39, 0.29) is 24.9 Å². The zero-order valence-corrected chi connectivity index (χ0v) is 14.1. The lowest BCUT2D eigenvalue weighted by molar-refractivity contribution is -0.154. The molecule has 120 valence electrons. The number of thiazole rings is 1. The number of rotatable bonds is 6. The van der Waals surface area contributed by atoms with Gasteiger partial charge in [0.2, 0.25) is 5.91 Å². The summed E-state index contributed by atoms with van der Waals surface area (Å²) in [5.41, 5.74) is -0.358. The molecule has 7 heteroatoms. The second-order valence-electron chi connectivity index (χ2n) is 5.63. The minimum Gasteiger partial charge on any atom is -0.464 e. The Morgan fingerprint density at radius 2 is 2.23 bits per heavy atom. The topological polar surface area (TPSA) is 72.7 Å². The minimum atomic E-state index is -1.04. The molecule has 2 aromatic rings. The van der Waals surface area contributed by atoms with E-state index in [1.807, 2.05) is 36.0 Å². The van der Waals surface area contributed by atoms with Crippen molar-refractivity contribution in [3.63, 3.8) is 0 Å². The van der Waals surface area contributed by atoms with Gasteiger partial charge >= 0.3 is 5.97 Å². The van der Waals surface area contributed by atoms with E-state index in [0.29, 0.717) is 5.69 Å². The third-order valence-corrected chi connectivity index (χ3v) is 4.51. The predicted octanol–water partition coefficient (Wildman–Crippen LogP) is 2.03. The number of imidazole rings is 1. The molecule has 0 aliphatic heterocycles. The summed E-state index contributed by atoms with van der Waals surface area (Å²) >= 11 is 1.51. The standard InChI is InChI=1S/C15H21N3O3S/c1-5-21-13(20)15(4,10(2)3)17-12(19)8-11-9-18-6-7-22-14(18)16-11/h6-7,9-10H,5,8H2,1-4H3,(H,17,19)/t15-/m1/s1. The maximum atomic E-state index is 12.3. The fourth-order valence-electron chi connectivity index (χ4n) is 2.07. The van der Waals surface area contributed by atoms with Crippen LogP contribution >= 0.6 is 11.3 Å². The molecule has 1 N–H and O–H groups in total. The number of ether oxygens (including phenoxy) is 1. The molecule has 0 aromatic carbocycles. The average molecular weight is 323 g/mol. The Bertz CT molecular complexity index is 648. The first-order chi connectivity index (χ1) is 10.4. The lowest BCUT2D eigenvalue weighted by Crippen LogP contribution is -2.57. The smallest absolute Gasteiger partial charge is 0.331 e. The molecule has 2 rings (SSSR count). The Kier molecular flexibility index (Phi) is 4.85. The van der Waals surface area contributed by atoms with Crippen LogP contribution in [-0.4, -0.2) is 33.4 Å². The van der Waals surface area contributed by atoms with Crippen LogP contribution in [0.1, 0.15) is 33.4 Å². The highest BCUT2D eigenvalue weighted by molar-refractivity contribution is 7.15. The third-order valence-electron chi connectivity index (χ3n) is 3.74. The van der Waals surface area contributed by atoms with Gasteiger partial charge in [0.1, 0.15) is 5.54 Å². The van der Waals surface area contributed by atoms with Crippen LogP contribution in [0.15, 0.2) is 17.8 Å². The summed E-state index contributed by atoms with van der Waals surface area (Å²) < 4.78 is 6.96. The highest BCUT2D eigenvalue weighted by Crippen LogP contribution is 2.19. The molecule has 0 bridgehead atoms. The van der Waals surface area contributed by atoms with Crippen molar-refractivity contribution in [2.24, 2.45) is 5.92 Å². The van der Waals surface area contributed by atoms with E-state index in [1.54, 1.807) is 13.8 Å². The number of carbonyl (C=O) groups is 2. The summed E-state index contributed by atoms with van der Waals surface area (Å²) in [7, 11) is 0. The lowest BCUT2D eigenvalue weighted by atomic mass is 9.88. The van der Waals surface area contributed by atoms with Gasteiger partial charge in [-0.1, -0.05) is 13.8 Å². The number of hydrogen-bond donors (Lipinski definition) is 1. The molecule has 0 saturated carbocycles. The van der Waals surface area contributed by atoms with Crippen LogP contribution in [0.2, 0.25) is 0 Å². The Balaban J connectivity index is 2.07. The van der Waals surface area contributed by atoms with Crippen LogP contribution in [0, 0.1) is 5.92 Å². The number of fused-ring (bicyclic) bond motifs is 1. The number of nitrogens with one attached hydrogen (secondary N) is 1. The average Bonchev–Trinajstić information content (AvgIpc) is 2.99. The largest absolute Gasteiger partial charge is 0.464 e. The quantitative estimate of drug-likeness (QED) is 0.826. The normalized spacial score (nSPS) is 14.0. The molecule has 0 saturated heterocycles. The summed E-state index contributed by atoms with van der Waals surface area (Å²) in [4.78, 5) is 29.6. The van der Waals surface area contributed by atoms with E-state index in [0.717, 1.165) is 4.96 Å². The molecular formula is C15H21N3O3S. The first kappa shape index (κ1) is 16.5. The Morgan fingerprint density at radius 3 is 2.82 bits per heavy atom. The first-order valence-corrected chi connectivity index (χ1v) is 8.14. The van der Waals surface area contributed by atoms with Crippen molar-refractivity contribution in [2.45, 2.75) is 39.7 Å². The third kappa shape index (κ3) is 3.30. The van der Waals surface area contributed by atoms with Crippen LogP contribution in [0.25, 0.3) is 4.96 Å². The Hall–Kier alpha value is -1.89. The number of nitrogens with zero attached hydrogens (tertiary/aromatic N) is 2. The Morgan fingerprint density at radius 1 is 1.50 bits per heavy atom. The number of carbonyl (C=O) groups excluding carboxylic acids is 2. The van der Waals surface area contributed by atoms with E-state index < -0.39 is 11.5 Å². The number of amides is 1. The second kappa shape index (κ2) is 6.48. The molecule has 0 aliphatic carbocycles. The van der Waals surface area contributed by atoms with Gasteiger partial charge < -0.3 is 10.1 Å². The molecular weight excluding hydrogens is 302 g/mol. The number of hydrogen-bond acceptors (Lipinski definition) is 5. The van der Waals surface area contributed by atoms with Crippen molar-refractivity contribution < 1.29 is 14.3 Å². The van der Waals surface area contributed by atoms with Gasteiger partial charge in [0.25, 0.3) is 0 Å². The fourth-order valence-corrected chi connectivity index (χ4v) is 2.79. The highest BCUT2D eigenvalue weighted by atomic mass is 32.1. The summed E-state index contributed by atoms with van der Waals surface area (Å²) in [6, 6.07) is 0. The van der Waals surface area contributed by atoms with Gasteiger partial charge in [-0.2, -0.15) is 0 Å². The van der Waals surface area contributed by atoms with Gasteiger partial charge in [-0.05, 0) is 19.8 Å². The minimum absolute atomic E-state index is 0.0824. The Labute approximate surface area is 133 Å². The van der Waals surface area contributed by atoms with Crippen molar-refractivity contribution in [1.29, 1.82) is 0 Å². The molecule has 2 aromatic heterocycles. The molecule has 1 atom stereocenters. The molecule has 2 heterocycles. The van der Waals surface area contributed by atoms with E-state index in [2.05, 4.69) is 10.3 Å². The van der Waals surface area contributed by atoms with E-state index >= 15 is 0 Å². The monoisotopic (exact) mass is 323 g/mol. The lowest BCUT2D eigenvalue weighted by Gasteiger charge is -2.32. The molecule has 0 unspecified atom stereocenters. The van der Waals surface area contributed by atoms with Gasteiger partial charge in [0, 0.05) is 17.8 Å². The van der Waals surface area contributed by atoms with Crippen LogP contribution in [0.4, 0.5) is 0 Å². The second-order valence-corrected chi connectivity index (χ2v) is 6.50. The first-order valence-electron chi connectivity index (χ1n) is 7.26. The van der Waals surface area contributed by atoms with Gasteiger partial charge in [0.05, 0.1) is 18.7 Å². The predicted molar refractivity (Wildman–Crippen MR) is 84.8 cm³/mol. The van der Waals surface area contributed by atoms with Gasteiger partial charge in [-0.3, -0.25) is 9.20 Å². The van der Waals surface area contributed by atoms with Crippen molar-refractivity contribution in [3.05, 3.63) is 23.5 Å². The zero-order chi connectivity index (χ0) is 16.3. The highest BCUT2D eigenvalue weighted by Gasteiger charge is 2.39. The summed E-state index contributed by atoms with van der Waals surface area (Å²) in [6.07, 6.45) is 3.85. The molecule has 0 radical (unpaired) electrons. The van der Waals surface area contributed by atoms with E-state index in [4.69, 9.17) is 4.74 Å². The van der Waals surface area contributed by atoms with Crippen LogP contribution in [-0.2, 0) is 20.7 Å². The van der Waals surface area contributed by atoms with Crippen molar-refractivity contribution in [1.82, 2.24) is 14.7 Å². The van der Waals surface area contributed by atoms with Gasteiger partial charge in [0.15, 0.2) is 4.96 Å². The van der Waals surface area contributed by atoms with Gasteiger partial charge in [-0.15, -0.1) is 11.3 Å². The van der Waals surface area contributed by atoms with E-state index in [9.17, 15) is 9.59 Å². The summed E-state index contributed by atoms with van der Waals surface area (Å²) in [5, 5.41) is 4.74. The molecule has 1 amide bonds. The van der Waals surface area contributed by atoms with Crippen LogP contribution in [0.5, 0.6) is 0 Å². The molecule has 0 spiro atoms. The van der Waals surface area contributed by atoms with Crippen molar-refractivity contribution in [2.75, 3.05) is 6.61 Å². The van der Waals surface area contributed by atoms with Gasteiger partial charge in [-0.25, -0.2) is 9.78 Å². The number of esters is 1. The van der Waals surface area contributed by atoms with Crippen LogP contribution in [0.3, 0.4) is 0 Å². The SMILES string of the molecule is CCOC(=O)[C@](C)(NC(=O)Cc1cn2ccsc2n1)C(C)C. The molecule has 0 aliphatic rings. The fraction of sp³-hybridized carbons (Fsp3) is 0.533. The maximum absolute atomic E-state index is 12.3. The summed E-state index contributed by atoms with van der Waals surface area (Å²) in [5.74, 6) is -0.736. The van der Waals surface area contributed by atoms with Crippen LogP contribution < -0.4 is 5.32 Å². The maximum Gasteiger partial charge on any atom is 0.331 e. The van der Waals surface area contributed by atoms with E-state index in [1.165, 1.54) is 11.3 Å².